The first-order chi connectivity index (χ1) is 4.58. The Balaban J connectivity index is 2.74. The predicted molar refractivity (Wildman–Crippen MR) is 41.4 cm³/mol. The quantitative estimate of drug-likeness (QED) is 0.574. The van der Waals surface area contributed by atoms with Crippen LogP contribution in [0.1, 0.15) is 33.1 Å². The fourth-order valence-electron chi connectivity index (χ4n) is 1.49. The summed E-state index contributed by atoms with van der Waals surface area (Å²) in [6, 6.07) is 0. The van der Waals surface area contributed by atoms with Crippen LogP contribution < -0.4 is 0 Å². The van der Waals surface area contributed by atoms with Gasteiger partial charge in [0.15, 0.2) is 0 Å². The van der Waals surface area contributed by atoms with E-state index in [1.807, 2.05) is 0 Å². The van der Waals surface area contributed by atoms with E-state index in [2.05, 4.69) is 12.8 Å². The first-order valence-corrected chi connectivity index (χ1v) is 3.78. The summed E-state index contributed by atoms with van der Waals surface area (Å²) < 4.78 is 0. The number of terminal acetylenes is 1. The summed E-state index contributed by atoms with van der Waals surface area (Å²) in [5, 5.41) is 9.68. The van der Waals surface area contributed by atoms with E-state index in [-0.39, 0.29) is 5.41 Å². The lowest BCUT2D eigenvalue weighted by Crippen LogP contribution is -2.33. The minimum atomic E-state index is -0.873. The Bertz CT molecular complexity index is 170. The van der Waals surface area contributed by atoms with Crippen molar-refractivity contribution in [2.75, 3.05) is 0 Å². The van der Waals surface area contributed by atoms with Gasteiger partial charge in [-0.15, -0.1) is 6.42 Å². The molecule has 1 heteroatoms. The smallest absolute Gasteiger partial charge is 0.128 e. The fourth-order valence-corrected chi connectivity index (χ4v) is 1.49. The van der Waals surface area contributed by atoms with Gasteiger partial charge in [-0.25, -0.2) is 0 Å². The van der Waals surface area contributed by atoms with Crippen molar-refractivity contribution in [1.29, 1.82) is 0 Å². The van der Waals surface area contributed by atoms with Crippen molar-refractivity contribution in [3.63, 3.8) is 0 Å². The van der Waals surface area contributed by atoms with Gasteiger partial charge in [0.2, 0.25) is 0 Å². The Morgan fingerprint density at radius 1 is 1.70 bits per heavy atom. The molecule has 0 aromatic carbocycles. The Morgan fingerprint density at radius 3 is 2.30 bits per heavy atom. The van der Waals surface area contributed by atoms with Crippen LogP contribution in [0.4, 0.5) is 0 Å². The molecule has 1 saturated carbocycles. The van der Waals surface area contributed by atoms with Gasteiger partial charge < -0.3 is 5.11 Å². The van der Waals surface area contributed by atoms with Crippen molar-refractivity contribution in [1.82, 2.24) is 0 Å². The molecular formula is C9H14O. The van der Waals surface area contributed by atoms with Gasteiger partial charge in [0.1, 0.15) is 5.60 Å². The maximum absolute atomic E-state index is 9.68. The average Bonchev–Trinajstić information content (AvgIpc) is 2.67. The van der Waals surface area contributed by atoms with Crippen LogP contribution in [-0.2, 0) is 0 Å². The first-order valence-electron chi connectivity index (χ1n) is 3.78. The summed E-state index contributed by atoms with van der Waals surface area (Å²) in [6.07, 6.45) is 8.37. The van der Waals surface area contributed by atoms with Gasteiger partial charge in [-0.05, 0) is 26.2 Å². The summed E-state index contributed by atoms with van der Waals surface area (Å²) in [5.41, 5.74) is -0.816. The monoisotopic (exact) mass is 138 g/mol. The second kappa shape index (κ2) is 2.00. The topological polar surface area (TPSA) is 20.2 Å². The fraction of sp³-hybridized carbons (Fsp3) is 0.778. The zero-order valence-corrected chi connectivity index (χ0v) is 6.65. The molecule has 0 spiro atoms. The van der Waals surface area contributed by atoms with Crippen molar-refractivity contribution in [3.05, 3.63) is 0 Å². The Labute approximate surface area is 62.4 Å². The van der Waals surface area contributed by atoms with Crippen molar-refractivity contribution < 1.29 is 5.11 Å². The molecule has 56 valence electrons. The second-order valence-corrected chi connectivity index (χ2v) is 3.35. The van der Waals surface area contributed by atoms with E-state index >= 15 is 0 Å². The standard InChI is InChI=1S/C9H14O/c1-4-8(3,10)9(5-2)6-7-9/h1,10H,5-7H2,2-3H3. The molecule has 1 rings (SSSR count). The van der Waals surface area contributed by atoms with Crippen molar-refractivity contribution >= 4 is 0 Å². The Hall–Kier alpha value is -0.480. The van der Waals surface area contributed by atoms with E-state index in [9.17, 15) is 5.11 Å². The minimum Gasteiger partial charge on any atom is -0.377 e. The van der Waals surface area contributed by atoms with Crippen molar-refractivity contribution in [2.45, 2.75) is 38.7 Å². The molecule has 1 atom stereocenters. The van der Waals surface area contributed by atoms with Crippen LogP contribution in [0.2, 0.25) is 0 Å². The van der Waals surface area contributed by atoms with Gasteiger partial charge in [0.25, 0.3) is 0 Å². The Morgan fingerprint density at radius 2 is 2.20 bits per heavy atom. The van der Waals surface area contributed by atoms with Gasteiger partial charge in [-0.1, -0.05) is 12.8 Å². The molecule has 1 aliphatic rings. The highest BCUT2D eigenvalue weighted by molar-refractivity contribution is 5.19. The molecule has 1 fully saturated rings. The van der Waals surface area contributed by atoms with Gasteiger partial charge in [0, 0.05) is 5.41 Å². The molecule has 0 aromatic rings. The SMILES string of the molecule is C#CC(C)(O)C1(CC)CC1. The normalized spacial score (nSPS) is 26.6. The molecule has 1 unspecified atom stereocenters. The van der Waals surface area contributed by atoms with Crippen LogP contribution in [0.25, 0.3) is 0 Å². The third-order valence-corrected chi connectivity index (χ3v) is 2.84. The van der Waals surface area contributed by atoms with E-state index in [0.717, 1.165) is 19.3 Å². The summed E-state index contributed by atoms with van der Waals surface area (Å²) in [6.45, 7) is 3.82. The lowest BCUT2D eigenvalue weighted by Gasteiger charge is -2.26. The van der Waals surface area contributed by atoms with Crippen LogP contribution in [0.3, 0.4) is 0 Å². The molecular weight excluding hydrogens is 124 g/mol. The molecule has 0 bridgehead atoms. The van der Waals surface area contributed by atoms with E-state index in [0.29, 0.717) is 0 Å². The lowest BCUT2D eigenvalue weighted by molar-refractivity contribution is 0.0386. The van der Waals surface area contributed by atoms with Gasteiger partial charge >= 0.3 is 0 Å². The zero-order valence-electron chi connectivity index (χ0n) is 6.65. The van der Waals surface area contributed by atoms with Gasteiger partial charge in [-0.3, -0.25) is 0 Å². The molecule has 0 heterocycles. The van der Waals surface area contributed by atoms with Crippen LogP contribution in [0.15, 0.2) is 0 Å². The summed E-state index contributed by atoms with van der Waals surface area (Å²) in [7, 11) is 0. The number of aliphatic hydroxyl groups is 1. The highest BCUT2D eigenvalue weighted by Crippen LogP contribution is 2.56. The maximum atomic E-state index is 9.68. The highest BCUT2D eigenvalue weighted by atomic mass is 16.3. The van der Waals surface area contributed by atoms with E-state index < -0.39 is 5.60 Å². The maximum Gasteiger partial charge on any atom is 0.128 e. The number of hydrogen-bond donors (Lipinski definition) is 1. The van der Waals surface area contributed by atoms with Crippen LogP contribution in [-0.4, -0.2) is 10.7 Å². The number of hydrogen-bond acceptors (Lipinski definition) is 1. The van der Waals surface area contributed by atoms with Gasteiger partial charge in [0.05, 0.1) is 0 Å². The van der Waals surface area contributed by atoms with E-state index in [1.165, 1.54) is 0 Å². The van der Waals surface area contributed by atoms with E-state index in [4.69, 9.17) is 6.42 Å². The molecule has 0 amide bonds. The number of rotatable bonds is 2. The van der Waals surface area contributed by atoms with Crippen LogP contribution in [0, 0.1) is 17.8 Å². The summed E-state index contributed by atoms with van der Waals surface area (Å²) >= 11 is 0. The largest absolute Gasteiger partial charge is 0.377 e. The second-order valence-electron chi connectivity index (χ2n) is 3.35. The zero-order chi connectivity index (χ0) is 7.83. The molecule has 10 heavy (non-hydrogen) atoms. The molecule has 1 aliphatic carbocycles. The molecule has 1 nitrogen and oxygen atoms in total. The van der Waals surface area contributed by atoms with Crippen LogP contribution >= 0.6 is 0 Å². The molecule has 0 radical (unpaired) electrons. The minimum absolute atomic E-state index is 0.0573. The molecule has 1 N–H and O–H groups in total. The molecule has 0 saturated heterocycles. The van der Waals surface area contributed by atoms with Crippen molar-refractivity contribution in [2.24, 2.45) is 5.41 Å². The third kappa shape index (κ3) is 0.839. The molecule has 0 aromatic heterocycles. The molecule has 0 aliphatic heterocycles. The third-order valence-electron chi connectivity index (χ3n) is 2.84. The summed E-state index contributed by atoms with van der Waals surface area (Å²) in [4.78, 5) is 0. The van der Waals surface area contributed by atoms with Gasteiger partial charge in [-0.2, -0.15) is 0 Å². The highest BCUT2D eigenvalue weighted by Gasteiger charge is 2.53. The van der Waals surface area contributed by atoms with Crippen molar-refractivity contribution in [3.8, 4) is 12.3 Å². The van der Waals surface area contributed by atoms with E-state index in [1.54, 1.807) is 6.92 Å². The Kier molecular flexibility index (Phi) is 1.53. The predicted octanol–water partition coefficient (Wildman–Crippen LogP) is 1.56. The first kappa shape index (κ1) is 7.63. The lowest BCUT2D eigenvalue weighted by atomic mass is 9.84. The summed E-state index contributed by atoms with van der Waals surface area (Å²) in [5.74, 6) is 2.45. The van der Waals surface area contributed by atoms with Crippen LogP contribution in [0.5, 0.6) is 0 Å². The average molecular weight is 138 g/mol.